The number of hydrogen-bond acceptors (Lipinski definition) is 5. The summed E-state index contributed by atoms with van der Waals surface area (Å²) in [5, 5.41) is 4.54. The van der Waals surface area contributed by atoms with Gasteiger partial charge in [-0.2, -0.15) is 13.2 Å². The van der Waals surface area contributed by atoms with Gasteiger partial charge in [-0.3, -0.25) is 4.79 Å². The number of ether oxygens (including phenoxy) is 2. The third kappa shape index (κ3) is 5.55. The minimum atomic E-state index is -4.44. The van der Waals surface area contributed by atoms with Gasteiger partial charge in [0, 0.05) is 29.8 Å². The van der Waals surface area contributed by atoms with E-state index in [0.717, 1.165) is 23.5 Å². The molecule has 0 fully saturated rings. The number of nitrogens with zero attached hydrogens (tertiary/aromatic N) is 1. The lowest BCUT2D eigenvalue weighted by atomic mass is 10.1. The van der Waals surface area contributed by atoms with Crippen LogP contribution in [-0.2, 0) is 10.9 Å². The average molecular weight is 422 g/mol. The first-order chi connectivity index (χ1) is 13.9. The van der Waals surface area contributed by atoms with Crippen LogP contribution < -0.4 is 10.1 Å². The van der Waals surface area contributed by atoms with Gasteiger partial charge in [0.15, 0.2) is 0 Å². The fraction of sp³-hybridized carbons (Fsp3) is 0.200. The predicted octanol–water partition coefficient (Wildman–Crippen LogP) is 5.11. The third-order valence-corrected chi connectivity index (χ3v) is 4.71. The number of hydrogen-bond donors (Lipinski definition) is 1. The predicted molar refractivity (Wildman–Crippen MR) is 104 cm³/mol. The summed E-state index contributed by atoms with van der Waals surface area (Å²) >= 11 is 1.10. The maximum atomic E-state index is 12.9. The molecule has 0 bridgehead atoms. The van der Waals surface area contributed by atoms with Crippen molar-refractivity contribution in [1.29, 1.82) is 0 Å². The molecule has 5 nitrogen and oxygen atoms in total. The zero-order chi connectivity index (χ0) is 20.9. The zero-order valence-electron chi connectivity index (χ0n) is 15.3. The largest absolute Gasteiger partial charge is 0.491 e. The highest BCUT2D eigenvalue weighted by atomic mass is 32.1. The highest BCUT2D eigenvalue weighted by Crippen LogP contribution is 2.33. The molecule has 0 saturated carbocycles. The minimum Gasteiger partial charge on any atom is -0.491 e. The minimum absolute atomic E-state index is 0.119. The highest BCUT2D eigenvalue weighted by Gasteiger charge is 2.30. The Morgan fingerprint density at radius 2 is 1.93 bits per heavy atom. The van der Waals surface area contributed by atoms with Gasteiger partial charge < -0.3 is 14.8 Å². The van der Waals surface area contributed by atoms with E-state index in [1.165, 1.54) is 17.5 Å². The summed E-state index contributed by atoms with van der Waals surface area (Å²) in [6, 6.07) is 11.7. The lowest BCUT2D eigenvalue weighted by Gasteiger charge is -2.08. The molecule has 0 atom stereocenters. The molecule has 1 heterocycles. The second-order valence-electron chi connectivity index (χ2n) is 5.94. The number of nitrogens with one attached hydrogen (secondary N) is 1. The van der Waals surface area contributed by atoms with Crippen molar-refractivity contribution in [3.05, 3.63) is 65.2 Å². The van der Waals surface area contributed by atoms with Crippen molar-refractivity contribution in [2.24, 2.45) is 0 Å². The molecule has 1 aromatic heterocycles. The lowest BCUT2D eigenvalue weighted by Crippen LogP contribution is -2.12. The van der Waals surface area contributed by atoms with Crippen molar-refractivity contribution in [1.82, 2.24) is 4.98 Å². The van der Waals surface area contributed by atoms with Gasteiger partial charge in [-0.1, -0.05) is 18.2 Å². The molecule has 0 aliphatic rings. The highest BCUT2D eigenvalue weighted by molar-refractivity contribution is 7.13. The molecule has 0 spiro atoms. The van der Waals surface area contributed by atoms with E-state index >= 15 is 0 Å². The Morgan fingerprint density at radius 3 is 2.69 bits per heavy atom. The van der Waals surface area contributed by atoms with E-state index in [-0.39, 0.29) is 5.69 Å². The first-order valence-electron chi connectivity index (χ1n) is 8.53. The van der Waals surface area contributed by atoms with Crippen LogP contribution >= 0.6 is 11.3 Å². The van der Waals surface area contributed by atoms with Crippen molar-refractivity contribution in [2.45, 2.75) is 6.18 Å². The topological polar surface area (TPSA) is 60.5 Å². The molecule has 0 radical (unpaired) electrons. The Labute approximate surface area is 169 Å². The maximum absolute atomic E-state index is 12.9. The second kappa shape index (κ2) is 9.06. The van der Waals surface area contributed by atoms with Crippen LogP contribution in [0.2, 0.25) is 0 Å². The SMILES string of the molecule is COCCOc1cccc(NC(=O)c2csc(-c3cccc(C(F)(F)F)c3)n2)c1. The molecular formula is C20H17F3N2O3S. The third-order valence-electron chi connectivity index (χ3n) is 3.82. The van der Waals surface area contributed by atoms with Crippen LogP contribution in [0.4, 0.5) is 18.9 Å². The summed E-state index contributed by atoms with van der Waals surface area (Å²) in [4.78, 5) is 16.6. The van der Waals surface area contributed by atoms with Gasteiger partial charge in [0.25, 0.3) is 5.91 Å². The monoisotopic (exact) mass is 422 g/mol. The molecule has 1 N–H and O–H groups in total. The van der Waals surface area contributed by atoms with E-state index in [0.29, 0.717) is 35.2 Å². The van der Waals surface area contributed by atoms with Gasteiger partial charge in [-0.15, -0.1) is 11.3 Å². The number of methoxy groups -OCH3 is 1. The summed E-state index contributed by atoms with van der Waals surface area (Å²) in [7, 11) is 1.57. The van der Waals surface area contributed by atoms with Crippen LogP contribution in [0.5, 0.6) is 5.75 Å². The summed E-state index contributed by atoms with van der Waals surface area (Å²) in [5.74, 6) is 0.108. The molecule has 29 heavy (non-hydrogen) atoms. The number of alkyl halides is 3. The molecule has 152 valence electrons. The number of rotatable bonds is 7. The van der Waals surface area contributed by atoms with E-state index in [2.05, 4.69) is 10.3 Å². The van der Waals surface area contributed by atoms with Gasteiger partial charge in [0.05, 0.1) is 12.2 Å². The van der Waals surface area contributed by atoms with Gasteiger partial charge in [0.2, 0.25) is 0 Å². The molecule has 0 saturated heterocycles. The maximum Gasteiger partial charge on any atom is 0.416 e. The van der Waals surface area contributed by atoms with Gasteiger partial charge in [-0.05, 0) is 24.3 Å². The van der Waals surface area contributed by atoms with Crippen LogP contribution in [0.25, 0.3) is 10.6 Å². The van der Waals surface area contributed by atoms with E-state index in [1.54, 1.807) is 31.4 Å². The number of amides is 1. The molecule has 0 aliphatic carbocycles. The van der Waals surface area contributed by atoms with Crippen LogP contribution in [0.1, 0.15) is 16.1 Å². The molecular weight excluding hydrogens is 405 g/mol. The number of halogens is 3. The number of aromatic nitrogens is 1. The Balaban J connectivity index is 1.71. The molecule has 3 rings (SSSR count). The second-order valence-corrected chi connectivity index (χ2v) is 6.80. The van der Waals surface area contributed by atoms with E-state index < -0.39 is 17.6 Å². The van der Waals surface area contributed by atoms with Crippen LogP contribution in [0, 0.1) is 0 Å². The fourth-order valence-corrected chi connectivity index (χ4v) is 3.24. The molecule has 3 aromatic rings. The summed E-state index contributed by atoms with van der Waals surface area (Å²) < 4.78 is 49.1. The Kier molecular flexibility index (Phi) is 6.50. The van der Waals surface area contributed by atoms with Crippen molar-refractivity contribution in [3.63, 3.8) is 0 Å². The molecule has 0 unspecified atom stereocenters. The summed E-state index contributed by atoms with van der Waals surface area (Å²) in [5.41, 5.74) is 0.172. The van der Waals surface area contributed by atoms with Gasteiger partial charge >= 0.3 is 6.18 Å². The standard InChI is InChI=1S/C20H17F3N2O3S/c1-27-8-9-28-16-7-3-6-15(11-16)24-18(26)17-12-29-19(25-17)13-4-2-5-14(10-13)20(21,22)23/h2-7,10-12H,8-9H2,1H3,(H,24,26). The smallest absolute Gasteiger partial charge is 0.416 e. The average Bonchev–Trinajstić information content (AvgIpc) is 3.18. The number of anilines is 1. The van der Waals surface area contributed by atoms with Crippen LogP contribution in [-0.4, -0.2) is 31.2 Å². The first kappa shape index (κ1) is 20.8. The van der Waals surface area contributed by atoms with E-state index in [1.807, 2.05) is 0 Å². The van der Waals surface area contributed by atoms with Crippen LogP contribution in [0.15, 0.2) is 53.9 Å². The molecule has 2 aromatic carbocycles. The van der Waals surface area contributed by atoms with Crippen molar-refractivity contribution < 1.29 is 27.4 Å². The number of carbonyl (C=O) groups excluding carboxylic acids is 1. The quantitative estimate of drug-likeness (QED) is 0.538. The normalized spacial score (nSPS) is 11.3. The van der Waals surface area contributed by atoms with Gasteiger partial charge in [0.1, 0.15) is 23.1 Å². The van der Waals surface area contributed by atoms with Crippen molar-refractivity contribution >= 4 is 22.9 Å². The van der Waals surface area contributed by atoms with Crippen LogP contribution in [0.3, 0.4) is 0 Å². The lowest BCUT2D eigenvalue weighted by molar-refractivity contribution is -0.137. The van der Waals surface area contributed by atoms with Crippen molar-refractivity contribution in [3.8, 4) is 16.3 Å². The molecule has 1 amide bonds. The van der Waals surface area contributed by atoms with Crippen molar-refractivity contribution in [2.75, 3.05) is 25.6 Å². The first-order valence-corrected chi connectivity index (χ1v) is 9.41. The van der Waals surface area contributed by atoms with Gasteiger partial charge in [-0.25, -0.2) is 4.98 Å². The fourth-order valence-electron chi connectivity index (χ4n) is 2.44. The Morgan fingerprint density at radius 1 is 1.14 bits per heavy atom. The molecule has 9 heteroatoms. The van der Waals surface area contributed by atoms with E-state index in [9.17, 15) is 18.0 Å². The number of thiazole rings is 1. The summed E-state index contributed by atoms with van der Waals surface area (Å²) in [6.45, 7) is 0.814. The Bertz CT molecular complexity index is 989. The zero-order valence-corrected chi connectivity index (χ0v) is 16.1. The number of carbonyl (C=O) groups is 1. The Hall–Kier alpha value is -2.91. The molecule has 0 aliphatic heterocycles. The van der Waals surface area contributed by atoms with E-state index in [4.69, 9.17) is 9.47 Å². The summed E-state index contributed by atoms with van der Waals surface area (Å²) in [6.07, 6.45) is -4.44. The number of benzene rings is 2.